The molecule has 4 nitrogen and oxygen atoms in total. The van der Waals surface area contributed by atoms with E-state index in [0.717, 1.165) is 5.56 Å². The van der Waals surface area contributed by atoms with E-state index in [4.69, 9.17) is 0 Å². The van der Waals surface area contributed by atoms with Gasteiger partial charge in [0.1, 0.15) is 0 Å². The normalized spacial score (nSPS) is 21.8. The summed E-state index contributed by atoms with van der Waals surface area (Å²) in [6.07, 6.45) is 0.246. The van der Waals surface area contributed by atoms with Crippen molar-refractivity contribution < 1.29 is 14.3 Å². The van der Waals surface area contributed by atoms with E-state index in [1.54, 1.807) is 4.90 Å². The van der Waals surface area contributed by atoms with Gasteiger partial charge in [-0.3, -0.25) is 9.59 Å². The van der Waals surface area contributed by atoms with Crippen molar-refractivity contribution in [3.63, 3.8) is 0 Å². The van der Waals surface area contributed by atoms with E-state index in [0.29, 0.717) is 12.5 Å². The van der Waals surface area contributed by atoms with Crippen molar-refractivity contribution in [1.29, 1.82) is 0 Å². The predicted octanol–water partition coefficient (Wildman–Crippen LogP) is 2.41. The van der Waals surface area contributed by atoms with Crippen molar-refractivity contribution in [3.8, 4) is 0 Å². The fraction of sp³-hybridized carbons (Fsp3) is 0.500. The average molecular weight is 275 g/mol. The standard InChI is InChI=1S/C16H21NO3/c1-11(2)14-15(12-7-5-4-6-8-12)17(16(14)19)10-9-13(18)20-3/h4-8,11,14-15H,9-10H2,1-3H3/t14-,15-/m0/s1. The van der Waals surface area contributed by atoms with Crippen LogP contribution in [-0.2, 0) is 14.3 Å². The zero-order valence-corrected chi connectivity index (χ0v) is 12.2. The van der Waals surface area contributed by atoms with Crippen molar-refractivity contribution in [2.45, 2.75) is 26.3 Å². The van der Waals surface area contributed by atoms with Gasteiger partial charge in [0, 0.05) is 6.54 Å². The number of hydrogen-bond donors (Lipinski definition) is 0. The zero-order valence-electron chi connectivity index (χ0n) is 12.2. The Bertz CT molecular complexity index is 484. The second-order valence-electron chi connectivity index (χ2n) is 5.48. The van der Waals surface area contributed by atoms with E-state index in [-0.39, 0.29) is 30.3 Å². The topological polar surface area (TPSA) is 46.6 Å². The minimum Gasteiger partial charge on any atom is -0.469 e. The van der Waals surface area contributed by atoms with Gasteiger partial charge >= 0.3 is 5.97 Å². The maximum Gasteiger partial charge on any atom is 0.307 e. The van der Waals surface area contributed by atoms with Crippen LogP contribution in [-0.4, -0.2) is 30.4 Å². The van der Waals surface area contributed by atoms with Crippen molar-refractivity contribution >= 4 is 11.9 Å². The molecule has 0 spiro atoms. The van der Waals surface area contributed by atoms with E-state index >= 15 is 0 Å². The fourth-order valence-corrected chi connectivity index (χ4v) is 2.83. The molecule has 0 aliphatic carbocycles. The van der Waals surface area contributed by atoms with E-state index in [2.05, 4.69) is 18.6 Å². The first-order chi connectivity index (χ1) is 9.56. The number of amides is 1. The van der Waals surface area contributed by atoms with Crippen LogP contribution in [0.2, 0.25) is 0 Å². The molecule has 1 aliphatic rings. The van der Waals surface area contributed by atoms with Crippen LogP contribution in [0, 0.1) is 11.8 Å². The number of benzene rings is 1. The van der Waals surface area contributed by atoms with E-state index < -0.39 is 0 Å². The lowest BCUT2D eigenvalue weighted by atomic mass is 9.75. The van der Waals surface area contributed by atoms with Crippen molar-refractivity contribution in [2.75, 3.05) is 13.7 Å². The minimum atomic E-state index is -0.280. The molecule has 1 heterocycles. The summed E-state index contributed by atoms with van der Waals surface area (Å²) in [7, 11) is 1.37. The molecule has 0 bridgehead atoms. The molecule has 0 radical (unpaired) electrons. The number of nitrogens with zero attached hydrogens (tertiary/aromatic N) is 1. The second-order valence-corrected chi connectivity index (χ2v) is 5.48. The number of β-lactam (4-membered cyclic amide) rings is 1. The molecular weight excluding hydrogens is 254 g/mol. The van der Waals surface area contributed by atoms with Crippen molar-refractivity contribution in [2.24, 2.45) is 11.8 Å². The number of carbonyl (C=O) groups excluding carboxylic acids is 2. The smallest absolute Gasteiger partial charge is 0.307 e. The van der Waals surface area contributed by atoms with Gasteiger partial charge in [-0.2, -0.15) is 0 Å². The highest BCUT2D eigenvalue weighted by Crippen LogP contribution is 2.43. The molecule has 0 N–H and O–H groups in total. The molecule has 4 heteroatoms. The Kier molecular flexibility index (Phi) is 4.42. The van der Waals surface area contributed by atoms with E-state index in [1.807, 2.05) is 30.3 Å². The van der Waals surface area contributed by atoms with Gasteiger partial charge in [0.05, 0.1) is 25.5 Å². The van der Waals surface area contributed by atoms with E-state index in [9.17, 15) is 9.59 Å². The highest BCUT2D eigenvalue weighted by molar-refractivity contribution is 5.87. The number of hydrogen-bond acceptors (Lipinski definition) is 3. The van der Waals surface area contributed by atoms with Crippen molar-refractivity contribution in [3.05, 3.63) is 35.9 Å². The third kappa shape index (κ3) is 2.69. The average Bonchev–Trinajstić information content (AvgIpc) is 2.44. The predicted molar refractivity (Wildman–Crippen MR) is 75.9 cm³/mol. The minimum absolute atomic E-state index is 0.00930. The molecule has 2 rings (SSSR count). The lowest BCUT2D eigenvalue weighted by molar-refractivity contribution is -0.161. The van der Waals surface area contributed by atoms with Crippen LogP contribution in [0.5, 0.6) is 0 Å². The van der Waals surface area contributed by atoms with Gasteiger partial charge in [-0.1, -0.05) is 44.2 Å². The lowest BCUT2D eigenvalue weighted by Crippen LogP contribution is -2.57. The van der Waals surface area contributed by atoms with Crippen LogP contribution in [0.15, 0.2) is 30.3 Å². The highest BCUT2D eigenvalue weighted by Gasteiger charge is 2.48. The van der Waals surface area contributed by atoms with Crippen molar-refractivity contribution in [1.82, 2.24) is 4.90 Å². The molecular formula is C16H21NO3. The fourth-order valence-electron chi connectivity index (χ4n) is 2.83. The summed E-state index contributed by atoms with van der Waals surface area (Å²) >= 11 is 0. The summed E-state index contributed by atoms with van der Waals surface area (Å²) in [6, 6.07) is 10.1. The Morgan fingerprint density at radius 2 is 1.95 bits per heavy atom. The summed E-state index contributed by atoms with van der Waals surface area (Å²) in [4.78, 5) is 25.3. The first-order valence-corrected chi connectivity index (χ1v) is 6.98. The van der Waals surface area contributed by atoms with Crippen LogP contribution in [0.1, 0.15) is 31.9 Å². The van der Waals surface area contributed by atoms with Crippen LogP contribution in [0.3, 0.4) is 0 Å². The van der Waals surface area contributed by atoms with Crippen LogP contribution >= 0.6 is 0 Å². The first kappa shape index (κ1) is 14.6. The van der Waals surface area contributed by atoms with Gasteiger partial charge in [0.25, 0.3) is 0 Å². The number of methoxy groups -OCH3 is 1. The largest absolute Gasteiger partial charge is 0.469 e. The van der Waals surface area contributed by atoms with E-state index in [1.165, 1.54) is 7.11 Å². The van der Waals surface area contributed by atoms with Gasteiger partial charge in [-0.05, 0) is 11.5 Å². The third-order valence-corrected chi connectivity index (χ3v) is 3.89. The number of esters is 1. The molecule has 0 unspecified atom stereocenters. The lowest BCUT2D eigenvalue weighted by Gasteiger charge is -2.49. The SMILES string of the molecule is COC(=O)CCN1C(=O)[C@@H](C(C)C)[C@@H]1c1ccccc1. The summed E-state index contributed by atoms with van der Waals surface area (Å²) in [5.41, 5.74) is 1.13. The molecule has 1 amide bonds. The van der Waals surface area contributed by atoms with Gasteiger partial charge in [0.15, 0.2) is 0 Å². The van der Waals surface area contributed by atoms with Gasteiger partial charge in [-0.15, -0.1) is 0 Å². The Morgan fingerprint density at radius 3 is 2.50 bits per heavy atom. The number of likely N-dealkylation sites (tertiary alicyclic amines) is 1. The van der Waals surface area contributed by atoms with Crippen LogP contribution in [0.25, 0.3) is 0 Å². The molecule has 2 atom stereocenters. The maximum absolute atomic E-state index is 12.3. The molecule has 0 aromatic heterocycles. The molecule has 108 valence electrons. The Balaban J connectivity index is 2.14. The second kappa shape index (κ2) is 6.07. The Labute approximate surface area is 119 Å². The molecule has 1 aromatic carbocycles. The van der Waals surface area contributed by atoms with Crippen LogP contribution in [0.4, 0.5) is 0 Å². The first-order valence-electron chi connectivity index (χ1n) is 6.98. The maximum atomic E-state index is 12.3. The van der Waals surface area contributed by atoms with Crippen LogP contribution < -0.4 is 0 Å². The summed E-state index contributed by atoms with van der Waals surface area (Å²) in [6.45, 7) is 4.56. The quantitative estimate of drug-likeness (QED) is 0.612. The molecule has 0 saturated carbocycles. The summed E-state index contributed by atoms with van der Waals surface area (Å²) in [5.74, 6) is 0.160. The summed E-state index contributed by atoms with van der Waals surface area (Å²) in [5, 5.41) is 0. The monoisotopic (exact) mass is 275 g/mol. The molecule has 1 fully saturated rings. The summed E-state index contributed by atoms with van der Waals surface area (Å²) < 4.78 is 4.64. The third-order valence-electron chi connectivity index (χ3n) is 3.89. The molecule has 1 aliphatic heterocycles. The molecule has 1 aromatic rings. The van der Waals surface area contributed by atoms with Gasteiger partial charge < -0.3 is 9.64 Å². The Morgan fingerprint density at radius 1 is 1.30 bits per heavy atom. The highest BCUT2D eigenvalue weighted by atomic mass is 16.5. The molecule has 1 saturated heterocycles. The number of rotatable bonds is 5. The number of carbonyl (C=O) groups is 2. The molecule has 20 heavy (non-hydrogen) atoms. The zero-order chi connectivity index (χ0) is 14.7. The number of ether oxygens (including phenoxy) is 1. The Hall–Kier alpha value is -1.84. The van der Waals surface area contributed by atoms with Gasteiger partial charge in [0.2, 0.25) is 5.91 Å². The van der Waals surface area contributed by atoms with Gasteiger partial charge in [-0.25, -0.2) is 0 Å².